The maximum Gasteiger partial charge on any atom is 0.224 e. The molecule has 2 aromatic heterocycles. The largest absolute Gasteiger partial charge is 0.392 e. The lowest BCUT2D eigenvalue weighted by Crippen LogP contribution is -2.29. The minimum absolute atomic E-state index is 0.192. The van der Waals surface area contributed by atoms with E-state index in [2.05, 4.69) is 106 Å². The molecule has 10 nitrogen and oxygen atoms in total. The smallest absolute Gasteiger partial charge is 0.224 e. The second-order valence-electron chi connectivity index (χ2n) is 14.6. The second-order valence-corrected chi connectivity index (χ2v) is 15.1. The van der Waals surface area contributed by atoms with Gasteiger partial charge in [0.05, 0.1) is 17.4 Å². The van der Waals surface area contributed by atoms with Crippen molar-refractivity contribution in [3.05, 3.63) is 114 Å². The zero-order chi connectivity index (χ0) is 37.2. The molecule has 11 heteroatoms. The first-order valence-electron chi connectivity index (χ1n) is 18.6. The average Bonchev–Trinajstić information content (AvgIpc) is 3.47. The summed E-state index contributed by atoms with van der Waals surface area (Å²) in [6.07, 6.45) is 12.0. The fourth-order valence-electron chi connectivity index (χ4n) is 7.77. The number of anilines is 5. The van der Waals surface area contributed by atoms with Gasteiger partial charge in [0.2, 0.25) is 5.95 Å². The second kappa shape index (κ2) is 15.4. The Kier molecular flexibility index (Phi) is 10.5. The van der Waals surface area contributed by atoms with Gasteiger partial charge in [-0.3, -0.25) is 4.68 Å². The number of nitrogens with zero attached hydrogens (tertiary/aromatic N) is 5. The molecule has 4 aromatic rings. The van der Waals surface area contributed by atoms with E-state index in [1.165, 1.54) is 11.0 Å². The summed E-state index contributed by atoms with van der Waals surface area (Å²) in [6, 6.07) is 13.3. The third kappa shape index (κ3) is 7.93. The van der Waals surface area contributed by atoms with Gasteiger partial charge in [-0.1, -0.05) is 37.9 Å². The highest BCUT2D eigenvalue weighted by atomic mass is 35.5. The molecule has 1 aliphatic carbocycles. The van der Waals surface area contributed by atoms with Crippen molar-refractivity contribution in [2.75, 3.05) is 41.5 Å². The SMILES string of the molecule is C=C(CCC1=Cc2cc(Nc3nc(NC[C@H]4CC[C@@H](Nc5ccc6c(C7CCC(=C)NC7=C)nn(C)c6c5)CC4)ncc3Cl)ccc2N(C)C1=C)NC. The predicted octanol–water partition coefficient (Wildman–Crippen LogP) is 9.20. The topological polar surface area (TPSA) is 107 Å². The molecule has 1 unspecified atom stereocenters. The first-order valence-corrected chi connectivity index (χ1v) is 19.0. The number of benzene rings is 2. The summed E-state index contributed by atoms with van der Waals surface area (Å²) in [5.74, 6) is 1.87. The van der Waals surface area contributed by atoms with Crippen molar-refractivity contribution < 1.29 is 0 Å². The molecule has 2 aromatic carbocycles. The molecule has 1 saturated carbocycles. The third-order valence-corrected chi connectivity index (χ3v) is 11.3. The summed E-state index contributed by atoms with van der Waals surface area (Å²) in [7, 11) is 5.99. The zero-order valence-electron chi connectivity index (χ0n) is 31.2. The summed E-state index contributed by atoms with van der Waals surface area (Å²) in [5.41, 5.74) is 11.7. The van der Waals surface area contributed by atoms with Gasteiger partial charge in [0.15, 0.2) is 5.82 Å². The van der Waals surface area contributed by atoms with E-state index in [9.17, 15) is 0 Å². The van der Waals surface area contributed by atoms with Crippen molar-refractivity contribution in [3.63, 3.8) is 0 Å². The van der Waals surface area contributed by atoms with Gasteiger partial charge in [-0.05, 0) is 105 Å². The first kappa shape index (κ1) is 36.2. The third-order valence-electron chi connectivity index (χ3n) is 11.0. The van der Waals surface area contributed by atoms with Crippen molar-refractivity contribution in [3.8, 4) is 0 Å². The maximum absolute atomic E-state index is 6.58. The number of halogens is 1. The van der Waals surface area contributed by atoms with E-state index in [-0.39, 0.29) is 5.92 Å². The number of rotatable bonds is 12. The van der Waals surface area contributed by atoms with Gasteiger partial charge in [0, 0.05) is 90.4 Å². The monoisotopic (exact) mass is 730 g/mol. The molecule has 7 rings (SSSR count). The van der Waals surface area contributed by atoms with E-state index >= 15 is 0 Å². The molecular weight excluding hydrogens is 680 g/mol. The summed E-state index contributed by atoms with van der Waals surface area (Å²) < 4.78 is 2.00. The van der Waals surface area contributed by atoms with E-state index in [0.717, 1.165) is 115 Å². The molecule has 0 bridgehead atoms. The number of hydrogen-bond acceptors (Lipinski definition) is 9. The average molecular weight is 731 g/mol. The van der Waals surface area contributed by atoms with Gasteiger partial charge >= 0.3 is 0 Å². The predicted molar refractivity (Wildman–Crippen MR) is 222 cm³/mol. The Balaban J connectivity index is 0.929. The van der Waals surface area contributed by atoms with Crippen LogP contribution in [0, 0.1) is 5.92 Å². The van der Waals surface area contributed by atoms with Crippen molar-refractivity contribution in [1.82, 2.24) is 30.4 Å². The molecule has 0 spiro atoms. The molecule has 5 N–H and O–H groups in total. The zero-order valence-corrected chi connectivity index (χ0v) is 31.9. The number of aromatic nitrogens is 4. The van der Waals surface area contributed by atoms with Crippen molar-refractivity contribution in [2.45, 2.75) is 63.3 Å². The Bertz CT molecular complexity index is 2100. The van der Waals surface area contributed by atoms with E-state index in [0.29, 0.717) is 28.7 Å². The van der Waals surface area contributed by atoms with E-state index < -0.39 is 0 Å². The Morgan fingerprint density at radius 1 is 1.02 bits per heavy atom. The number of fused-ring (bicyclic) bond motifs is 2. The minimum Gasteiger partial charge on any atom is -0.392 e. The molecule has 276 valence electrons. The summed E-state index contributed by atoms with van der Waals surface area (Å²) in [5, 5.41) is 23.8. The molecule has 4 heterocycles. The molecule has 2 fully saturated rings. The number of allylic oxidation sites excluding steroid dienone is 4. The van der Waals surface area contributed by atoms with E-state index in [4.69, 9.17) is 21.7 Å². The van der Waals surface area contributed by atoms with Crippen LogP contribution in [0.25, 0.3) is 17.0 Å². The highest BCUT2D eigenvalue weighted by Gasteiger charge is 2.27. The molecule has 53 heavy (non-hydrogen) atoms. The molecule has 2 aliphatic heterocycles. The van der Waals surface area contributed by atoms with Gasteiger partial charge < -0.3 is 31.5 Å². The molecule has 1 atom stereocenters. The summed E-state index contributed by atoms with van der Waals surface area (Å²) in [4.78, 5) is 11.4. The van der Waals surface area contributed by atoms with Crippen LogP contribution in [0.2, 0.25) is 5.02 Å². The molecule has 3 aliphatic rings. The normalized spacial score (nSPS) is 20.1. The van der Waals surface area contributed by atoms with Crippen molar-refractivity contribution in [1.29, 1.82) is 0 Å². The Labute approximate surface area is 318 Å². The van der Waals surface area contributed by atoms with Crippen LogP contribution in [0.4, 0.5) is 28.8 Å². The van der Waals surface area contributed by atoms with E-state index in [1.807, 2.05) is 24.8 Å². The fourth-order valence-corrected chi connectivity index (χ4v) is 7.91. The lowest BCUT2D eigenvalue weighted by Gasteiger charge is -2.30. The van der Waals surface area contributed by atoms with E-state index in [1.54, 1.807) is 6.20 Å². The maximum atomic E-state index is 6.58. The quantitative estimate of drug-likeness (QED) is 0.0976. The van der Waals surface area contributed by atoms with Crippen LogP contribution >= 0.6 is 11.6 Å². The van der Waals surface area contributed by atoms with Crippen LogP contribution in [-0.2, 0) is 7.05 Å². The number of hydrogen-bond donors (Lipinski definition) is 5. The lowest BCUT2D eigenvalue weighted by molar-refractivity contribution is 0.351. The molecular formula is C42H51ClN10. The first-order chi connectivity index (χ1) is 25.6. The van der Waals surface area contributed by atoms with Gasteiger partial charge in [0.1, 0.15) is 5.02 Å². The number of aryl methyl sites for hydroxylation is 1. The van der Waals surface area contributed by atoms with Gasteiger partial charge in [-0.15, -0.1) is 0 Å². The van der Waals surface area contributed by atoms with Crippen LogP contribution in [-0.4, -0.2) is 46.4 Å². The highest BCUT2D eigenvalue weighted by molar-refractivity contribution is 6.32. The molecule has 0 amide bonds. The number of piperidine rings is 1. The van der Waals surface area contributed by atoms with Crippen molar-refractivity contribution >= 4 is 57.4 Å². The van der Waals surface area contributed by atoms with Gasteiger partial charge in [-0.2, -0.15) is 10.1 Å². The molecule has 0 radical (unpaired) electrons. The van der Waals surface area contributed by atoms with Crippen LogP contribution in [0.15, 0.2) is 97.3 Å². The summed E-state index contributed by atoms with van der Waals surface area (Å²) >= 11 is 6.58. The van der Waals surface area contributed by atoms with Crippen molar-refractivity contribution in [2.24, 2.45) is 13.0 Å². The van der Waals surface area contributed by atoms with Gasteiger partial charge in [0.25, 0.3) is 0 Å². The number of nitrogens with one attached hydrogen (secondary N) is 5. The Morgan fingerprint density at radius 3 is 2.58 bits per heavy atom. The Morgan fingerprint density at radius 2 is 1.81 bits per heavy atom. The lowest BCUT2D eigenvalue weighted by atomic mass is 9.86. The summed E-state index contributed by atoms with van der Waals surface area (Å²) in [6.45, 7) is 17.5. The van der Waals surface area contributed by atoms with Crippen LogP contribution in [0.1, 0.15) is 68.5 Å². The highest BCUT2D eigenvalue weighted by Crippen LogP contribution is 2.39. The minimum atomic E-state index is 0.192. The number of likely N-dealkylation sites (N-methyl/N-ethyl adjacent to an activating group) is 1. The van der Waals surface area contributed by atoms with Gasteiger partial charge in [-0.25, -0.2) is 4.98 Å². The van der Waals surface area contributed by atoms with Crippen LogP contribution in [0.3, 0.4) is 0 Å². The molecule has 1 saturated heterocycles. The Hall–Kier alpha value is -5.22. The standard InChI is InChI=1S/C42H51ClN10/c1-25(44-5)8-12-30-20-31-21-33(16-19-38(31)52(6)28(30)4)49-41-37(43)24-46-42(50-41)45-23-29-10-13-32(14-11-29)48-34-15-18-36-39(22-34)53(7)51-40(36)35-17-9-26(2)47-27(35)3/h15-16,18-22,24,29,32,35,44,47-48H,1-4,8-14,17,23H2,5-7H3,(H2,45,46,49,50)/t29-,32+,35?. The van der Waals surface area contributed by atoms with Crippen LogP contribution in [0.5, 0.6) is 0 Å². The fraction of sp³-hybridized carbons (Fsp3) is 0.357. The van der Waals surface area contributed by atoms with Crippen LogP contribution < -0.4 is 31.5 Å².